The molecule has 1 aliphatic carbocycles. The summed E-state index contributed by atoms with van der Waals surface area (Å²) in [7, 11) is 0. The van der Waals surface area contributed by atoms with Crippen LogP contribution in [0.15, 0.2) is 60.7 Å². The molecule has 0 saturated heterocycles. The summed E-state index contributed by atoms with van der Waals surface area (Å²) < 4.78 is -0.597. The molecule has 106 valence electrons. The first kappa shape index (κ1) is 14.4. The van der Waals surface area contributed by atoms with E-state index in [4.69, 9.17) is 23.2 Å². The van der Waals surface area contributed by atoms with Crippen LogP contribution >= 0.6 is 23.2 Å². The van der Waals surface area contributed by atoms with Crippen LogP contribution in [0.2, 0.25) is 0 Å². The van der Waals surface area contributed by atoms with Gasteiger partial charge in [-0.25, -0.2) is 0 Å². The number of alkyl halides is 2. The average molecular weight is 317 g/mol. The van der Waals surface area contributed by atoms with Crippen molar-refractivity contribution in [2.45, 2.75) is 16.7 Å². The maximum absolute atomic E-state index is 12.0. The zero-order valence-corrected chi connectivity index (χ0v) is 12.8. The van der Waals surface area contributed by atoms with E-state index in [1.54, 1.807) is 6.08 Å². The summed E-state index contributed by atoms with van der Waals surface area (Å²) in [5.74, 6) is 0.229. The van der Waals surface area contributed by atoms with Gasteiger partial charge in [-0.3, -0.25) is 4.79 Å². The van der Waals surface area contributed by atoms with Gasteiger partial charge in [0, 0.05) is 11.5 Å². The van der Waals surface area contributed by atoms with E-state index in [-0.39, 0.29) is 11.7 Å². The Balaban J connectivity index is 1.68. The first-order chi connectivity index (χ1) is 10.1. The number of carbonyl (C=O) groups excluding carboxylic acids is 1. The molecule has 1 fully saturated rings. The van der Waals surface area contributed by atoms with E-state index in [0.29, 0.717) is 5.56 Å². The van der Waals surface area contributed by atoms with E-state index < -0.39 is 4.33 Å². The zero-order chi connectivity index (χ0) is 14.9. The fourth-order valence-electron chi connectivity index (χ4n) is 2.28. The van der Waals surface area contributed by atoms with Gasteiger partial charge in [-0.05, 0) is 23.6 Å². The van der Waals surface area contributed by atoms with Crippen LogP contribution < -0.4 is 0 Å². The third-order valence-corrected chi connectivity index (χ3v) is 4.49. The summed E-state index contributed by atoms with van der Waals surface area (Å²) in [5, 5.41) is 0. The largest absolute Gasteiger partial charge is 0.289 e. The zero-order valence-electron chi connectivity index (χ0n) is 11.3. The Bertz CT molecular complexity index is 672. The molecule has 0 amide bonds. The van der Waals surface area contributed by atoms with Crippen LogP contribution in [0.1, 0.15) is 33.8 Å². The summed E-state index contributed by atoms with van der Waals surface area (Å²) in [6.07, 6.45) is 4.22. The Hall–Kier alpha value is -1.57. The molecule has 21 heavy (non-hydrogen) atoms. The maximum atomic E-state index is 12.0. The van der Waals surface area contributed by atoms with Crippen molar-refractivity contribution >= 4 is 35.1 Å². The molecule has 3 heteroatoms. The van der Waals surface area contributed by atoms with Gasteiger partial charge in [0.05, 0.1) is 0 Å². The summed E-state index contributed by atoms with van der Waals surface area (Å²) in [6, 6.07) is 17.2. The van der Waals surface area contributed by atoms with E-state index >= 15 is 0 Å². The predicted molar refractivity (Wildman–Crippen MR) is 88.0 cm³/mol. The SMILES string of the molecule is O=C(/C=C\c1ccc([C@H]2CC2(Cl)Cl)cc1)c1ccccc1. The Labute approximate surface area is 134 Å². The Morgan fingerprint density at radius 1 is 1.05 bits per heavy atom. The fraction of sp³-hybridized carbons (Fsp3) is 0.167. The standard InChI is InChI=1S/C18H14Cl2O/c19-18(20)12-16(18)14-9-6-13(7-10-14)8-11-17(21)15-4-2-1-3-5-15/h1-11,16H,12H2/b11-8-/t16-/m1/s1. The monoisotopic (exact) mass is 316 g/mol. The van der Waals surface area contributed by atoms with Crippen molar-refractivity contribution in [1.29, 1.82) is 0 Å². The van der Waals surface area contributed by atoms with Crippen molar-refractivity contribution in [3.63, 3.8) is 0 Å². The first-order valence-corrected chi connectivity index (χ1v) is 7.57. The van der Waals surface area contributed by atoms with Gasteiger partial charge in [0.25, 0.3) is 0 Å². The van der Waals surface area contributed by atoms with Crippen LogP contribution in [0.4, 0.5) is 0 Å². The van der Waals surface area contributed by atoms with Crippen LogP contribution in [0.25, 0.3) is 6.08 Å². The van der Waals surface area contributed by atoms with E-state index in [2.05, 4.69) is 0 Å². The lowest BCUT2D eigenvalue weighted by atomic mass is 10.1. The lowest BCUT2D eigenvalue weighted by molar-refractivity contribution is 0.104. The molecule has 0 aliphatic heterocycles. The van der Waals surface area contributed by atoms with Crippen molar-refractivity contribution in [3.05, 3.63) is 77.4 Å². The molecule has 1 atom stereocenters. The molecular weight excluding hydrogens is 303 g/mol. The molecule has 3 rings (SSSR count). The molecule has 0 N–H and O–H groups in total. The highest BCUT2D eigenvalue weighted by Gasteiger charge is 2.52. The van der Waals surface area contributed by atoms with Gasteiger partial charge < -0.3 is 0 Å². The number of benzene rings is 2. The van der Waals surface area contributed by atoms with Crippen molar-refractivity contribution in [1.82, 2.24) is 0 Å². The van der Waals surface area contributed by atoms with Crippen molar-refractivity contribution in [2.75, 3.05) is 0 Å². The lowest BCUT2D eigenvalue weighted by Crippen LogP contribution is -1.93. The highest BCUT2D eigenvalue weighted by Crippen LogP contribution is 2.59. The van der Waals surface area contributed by atoms with Gasteiger partial charge in [0.1, 0.15) is 4.33 Å². The molecule has 0 bridgehead atoms. The van der Waals surface area contributed by atoms with E-state index in [1.165, 1.54) is 0 Å². The predicted octanol–water partition coefficient (Wildman–Crippen LogP) is 5.24. The quantitative estimate of drug-likeness (QED) is 0.428. The topological polar surface area (TPSA) is 17.1 Å². The molecule has 0 heterocycles. The second kappa shape index (κ2) is 5.67. The number of rotatable bonds is 4. The molecule has 0 radical (unpaired) electrons. The minimum atomic E-state index is -0.597. The Morgan fingerprint density at radius 3 is 2.24 bits per heavy atom. The summed E-state index contributed by atoms with van der Waals surface area (Å²) in [4.78, 5) is 12.0. The first-order valence-electron chi connectivity index (χ1n) is 6.81. The molecule has 1 nitrogen and oxygen atoms in total. The number of halogens is 2. The number of ketones is 1. The van der Waals surface area contributed by atoms with Crippen LogP contribution in [-0.2, 0) is 0 Å². The smallest absolute Gasteiger partial charge is 0.185 e. The highest BCUT2D eigenvalue weighted by atomic mass is 35.5. The molecule has 0 unspecified atom stereocenters. The van der Waals surface area contributed by atoms with Crippen molar-refractivity contribution in [2.24, 2.45) is 0 Å². The Kier molecular flexibility index (Phi) is 3.88. The van der Waals surface area contributed by atoms with Crippen molar-refractivity contribution < 1.29 is 4.79 Å². The second-order valence-corrected chi connectivity index (χ2v) is 6.79. The summed E-state index contributed by atoms with van der Waals surface area (Å²) in [6.45, 7) is 0. The lowest BCUT2D eigenvalue weighted by Gasteiger charge is -2.01. The number of hydrogen-bond acceptors (Lipinski definition) is 1. The second-order valence-electron chi connectivity index (χ2n) is 5.25. The molecule has 0 spiro atoms. The molecular formula is C18H14Cl2O. The minimum Gasteiger partial charge on any atom is -0.289 e. The van der Waals surface area contributed by atoms with Crippen LogP contribution in [-0.4, -0.2) is 10.1 Å². The fourth-order valence-corrected chi connectivity index (χ4v) is 2.85. The normalized spacial score (nSPS) is 19.6. The van der Waals surface area contributed by atoms with E-state index in [1.807, 2.05) is 60.7 Å². The molecule has 1 saturated carbocycles. The molecule has 1 aliphatic rings. The summed E-state index contributed by atoms with van der Waals surface area (Å²) >= 11 is 12.1. The summed E-state index contributed by atoms with van der Waals surface area (Å²) in [5.41, 5.74) is 2.82. The van der Waals surface area contributed by atoms with E-state index in [9.17, 15) is 4.79 Å². The van der Waals surface area contributed by atoms with Gasteiger partial charge in [0.2, 0.25) is 0 Å². The third-order valence-electron chi connectivity index (χ3n) is 3.65. The molecule has 2 aromatic carbocycles. The minimum absolute atomic E-state index is 0.00222. The van der Waals surface area contributed by atoms with E-state index in [0.717, 1.165) is 17.5 Å². The van der Waals surface area contributed by atoms with Gasteiger partial charge in [-0.1, -0.05) is 60.7 Å². The molecule has 2 aromatic rings. The number of hydrogen-bond donors (Lipinski definition) is 0. The van der Waals surface area contributed by atoms with Gasteiger partial charge in [-0.15, -0.1) is 23.2 Å². The van der Waals surface area contributed by atoms with Gasteiger partial charge in [0.15, 0.2) is 5.78 Å². The van der Waals surface area contributed by atoms with Crippen LogP contribution in [0, 0.1) is 0 Å². The van der Waals surface area contributed by atoms with Gasteiger partial charge >= 0.3 is 0 Å². The average Bonchev–Trinajstić information content (AvgIpc) is 3.15. The Morgan fingerprint density at radius 2 is 1.67 bits per heavy atom. The third kappa shape index (κ3) is 3.37. The number of allylic oxidation sites excluding steroid dienone is 1. The number of carbonyl (C=O) groups is 1. The van der Waals surface area contributed by atoms with Crippen molar-refractivity contribution in [3.8, 4) is 0 Å². The highest BCUT2D eigenvalue weighted by molar-refractivity contribution is 6.51. The van der Waals surface area contributed by atoms with Crippen LogP contribution in [0.3, 0.4) is 0 Å². The van der Waals surface area contributed by atoms with Gasteiger partial charge in [-0.2, -0.15) is 0 Å². The van der Waals surface area contributed by atoms with Crippen LogP contribution in [0.5, 0.6) is 0 Å². The maximum Gasteiger partial charge on any atom is 0.185 e. The molecule has 0 aromatic heterocycles.